The van der Waals surface area contributed by atoms with Crippen molar-refractivity contribution in [3.05, 3.63) is 54.5 Å². The van der Waals surface area contributed by atoms with Crippen molar-refractivity contribution < 1.29 is 4.79 Å². The molecule has 1 aliphatic rings. The lowest BCUT2D eigenvalue weighted by atomic mass is 9.94. The van der Waals surface area contributed by atoms with Crippen LogP contribution in [0.4, 0.5) is 10.6 Å². The smallest absolute Gasteiger partial charge is 0.322 e. The number of pyridine rings is 1. The first-order valence-corrected chi connectivity index (χ1v) is 8.81. The van der Waals surface area contributed by atoms with Crippen molar-refractivity contribution in [2.24, 2.45) is 5.92 Å². The average molecular weight is 339 g/mol. The third kappa shape index (κ3) is 4.92. The first kappa shape index (κ1) is 17.2. The van der Waals surface area contributed by atoms with E-state index in [1.54, 1.807) is 24.3 Å². The van der Waals surface area contributed by atoms with Gasteiger partial charge in [0.1, 0.15) is 5.82 Å². The van der Waals surface area contributed by atoms with Crippen LogP contribution in [0.15, 0.2) is 48.8 Å². The molecule has 1 aliphatic carbocycles. The van der Waals surface area contributed by atoms with Crippen molar-refractivity contribution in [3.63, 3.8) is 0 Å². The lowest BCUT2D eigenvalue weighted by Gasteiger charge is -2.21. The third-order valence-corrected chi connectivity index (χ3v) is 4.54. The van der Waals surface area contributed by atoms with E-state index in [2.05, 4.69) is 27.6 Å². The maximum Gasteiger partial charge on any atom is 0.322 e. The van der Waals surface area contributed by atoms with Gasteiger partial charge in [-0.2, -0.15) is 5.10 Å². The molecule has 6 nitrogen and oxygen atoms in total. The number of anilines is 1. The lowest BCUT2D eigenvalue weighted by Crippen LogP contribution is -2.34. The fourth-order valence-corrected chi connectivity index (χ4v) is 2.99. The van der Waals surface area contributed by atoms with E-state index in [1.807, 2.05) is 28.9 Å². The van der Waals surface area contributed by atoms with Crippen molar-refractivity contribution in [1.82, 2.24) is 19.7 Å². The van der Waals surface area contributed by atoms with Gasteiger partial charge >= 0.3 is 6.03 Å². The second kappa shape index (κ2) is 8.46. The standard InChI is InChI=1S/C19H25N5O/c1-23(14-11-17-9-5-6-12-20-17)19(25)22-18-10-13-21-24(18)15-16-7-3-2-4-8-16/h2-3,5-6,9-10,12-13,16H,4,7-8,11,14-15H2,1H3,(H,22,25)/t16-/m1/s1. The Kier molecular flexibility index (Phi) is 5.82. The Morgan fingerprint density at radius 1 is 1.32 bits per heavy atom. The van der Waals surface area contributed by atoms with Gasteiger partial charge in [-0.05, 0) is 37.3 Å². The van der Waals surface area contributed by atoms with Gasteiger partial charge in [0, 0.05) is 44.5 Å². The van der Waals surface area contributed by atoms with Crippen LogP contribution in [0.25, 0.3) is 0 Å². The SMILES string of the molecule is CN(CCc1ccccn1)C(=O)Nc1ccnn1C[C@@H]1CC=CCC1. The highest BCUT2D eigenvalue weighted by Crippen LogP contribution is 2.21. The number of allylic oxidation sites excluding steroid dienone is 2. The Morgan fingerprint density at radius 2 is 2.24 bits per heavy atom. The van der Waals surface area contributed by atoms with Crippen LogP contribution in [0.1, 0.15) is 25.0 Å². The summed E-state index contributed by atoms with van der Waals surface area (Å²) in [5, 5.41) is 7.33. The molecule has 2 aromatic heterocycles. The number of nitrogens with one attached hydrogen (secondary N) is 1. The zero-order chi connectivity index (χ0) is 17.5. The van der Waals surface area contributed by atoms with Crippen LogP contribution in [0, 0.1) is 5.92 Å². The minimum absolute atomic E-state index is 0.124. The van der Waals surface area contributed by atoms with Crippen LogP contribution in [0.2, 0.25) is 0 Å². The van der Waals surface area contributed by atoms with Gasteiger partial charge in [-0.25, -0.2) is 9.48 Å². The quantitative estimate of drug-likeness (QED) is 0.821. The molecular weight excluding hydrogens is 314 g/mol. The molecule has 0 saturated heterocycles. The summed E-state index contributed by atoms with van der Waals surface area (Å²) in [7, 11) is 1.80. The summed E-state index contributed by atoms with van der Waals surface area (Å²) in [5.74, 6) is 1.34. The van der Waals surface area contributed by atoms with E-state index < -0.39 is 0 Å². The molecule has 0 fully saturated rings. The number of hydrogen-bond acceptors (Lipinski definition) is 3. The van der Waals surface area contributed by atoms with Gasteiger partial charge in [0.25, 0.3) is 0 Å². The van der Waals surface area contributed by atoms with Crippen molar-refractivity contribution >= 4 is 11.8 Å². The minimum atomic E-state index is -0.124. The molecule has 132 valence electrons. The second-order valence-electron chi connectivity index (χ2n) is 6.47. The third-order valence-electron chi connectivity index (χ3n) is 4.54. The molecule has 0 aromatic carbocycles. The summed E-state index contributed by atoms with van der Waals surface area (Å²) in [6, 6.07) is 7.55. The molecule has 6 heteroatoms. The molecule has 1 N–H and O–H groups in total. The highest BCUT2D eigenvalue weighted by molar-refractivity contribution is 5.88. The molecule has 2 aromatic rings. The number of rotatable bonds is 6. The van der Waals surface area contributed by atoms with Crippen LogP contribution in [0.5, 0.6) is 0 Å². The van der Waals surface area contributed by atoms with E-state index in [0.29, 0.717) is 12.5 Å². The fraction of sp³-hybridized carbons (Fsp3) is 0.421. The monoisotopic (exact) mass is 339 g/mol. The lowest BCUT2D eigenvalue weighted by molar-refractivity contribution is 0.222. The predicted octanol–water partition coefficient (Wildman–Crippen LogP) is 3.34. The highest BCUT2D eigenvalue weighted by Gasteiger charge is 2.15. The molecule has 2 heterocycles. The van der Waals surface area contributed by atoms with Crippen LogP contribution in [0.3, 0.4) is 0 Å². The zero-order valence-corrected chi connectivity index (χ0v) is 14.6. The Bertz CT molecular complexity index is 710. The van der Waals surface area contributed by atoms with Crippen LogP contribution in [-0.4, -0.2) is 39.3 Å². The van der Waals surface area contributed by atoms with Gasteiger partial charge in [-0.15, -0.1) is 0 Å². The molecular formula is C19H25N5O. The Labute approximate surface area is 148 Å². The summed E-state index contributed by atoms with van der Waals surface area (Å²) < 4.78 is 1.90. The van der Waals surface area contributed by atoms with E-state index >= 15 is 0 Å². The molecule has 0 saturated carbocycles. The Morgan fingerprint density at radius 3 is 3.00 bits per heavy atom. The summed E-state index contributed by atoms with van der Waals surface area (Å²) in [5.41, 5.74) is 0.984. The van der Waals surface area contributed by atoms with E-state index in [-0.39, 0.29) is 6.03 Å². The molecule has 1 atom stereocenters. The van der Waals surface area contributed by atoms with Gasteiger partial charge in [0.05, 0.1) is 6.20 Å². The largest absolute Gasteiger partial charge is 0.327 e. The number of hydrogen-bond donors (Lipinski definition) is 1. The maximum atomic E-state index is 12.4. The number of urea groups is 1. The molecule has 0 spiro atoms. The first-order chi connectivity index (χ1) is 12.2. The van der Waals surface area contributed by atoms with Gasteiger partial charge in [-0.1, -0.05) is 18.2 Å². The van der Waals surface area contributed by atoms with Crippen molar-refractivity contribution in [1.29, 1.82) is 0 Å². The molecule has 0 aliphatic heterocycles. The van der Waals surface area contributed by atoms with Crippen molar-refractivity contribution in [3.8, 4) is 0 Å². The van der Waals surface area contributed by atoms with Gasteiger partial charge in [-0.3, -0.25) is 10.3 Å². The number of nitrogens with zero attached hydrogens (tertiary/aromatic N) is 4. The van der Waals surface area contributed by atoms with Crippen molar-refractivity contribution in [2.45, 2.75) is 32.2 Å². The first-order valence-electron chi connectivity index (χ1n) is 8.81. The summed E-state index contributed by atoms with van der Waals surface area (Å²) in [6.07, 6.45) is 12.1. The number of likely N-dealkylation sites (N-methyl/N-ethyl adjacent to an activating group) is 1. The van der Waals surface area contributed by atoms with Crippen LogP contribution >= 0.6 is 0 Å². The fourth-order valence-electron chi connectivity index (χ4n) is 2.99. The predicted molar refractivity (Wildman–Crippen MR) is 98.3 cm³/mol. The van der Waals surface area contributed by atoms with Gasteiger partial charge < -0.3 is 4.90 Å². The zero-order valence-electron chi connectivity index (χ0n) is 14.6. The summed E-state index contributed by atoms with van der Waals surface area (Å²) in [6.45, 7) is 1.45. The minimum Gasteiger partial charge on any atom is -0.327 e. The topological polar surface area (TPSA) is 63.1 Å². The van der Waals surface area contributed by atoms with Crippen LogP contribution < -0.4 is 5.32 Å². The Hall–Kier alpha value is -2.63. The Balaban J connectivity index is 1.52. The van der Waals surface area contributed by atoms with Crippen molar-refractivity contribution in [2.75, 3.05) is 18.9 Å². The van der Waals surface area contributed by atoms with Gasteiger partial charge in [0.15, 0.2) is 0 Å². The number of aromatic nitrogens is 3. The normalized spacial score (nSPS) is 16.6. The second-order valence-corrected chi connectivity index (χ2v) is 6.47. The number of carbonyl (C=O) groups is 1. The van der Waals surface area contributed by atoms with E-state index in [1.165, 1.54) is 6.42 Å². The summed E-state index contributed by atoms with van der Waals surface area (Å²) >= 11 is 0. The molecule has 25 heavy (non-hydrogen) atoms. The van der Waals surface area contributed by atoms with E-state index in [9.17, 15) is 4.79 Å². The summed E-state index contributed by atoms with van der Waals surface area (Å²) in [4.78, 5) is 18.4. The number of amides is 2. The molecule has 0 radical (unpaired) electrons. The maximum absolute atomic E-state index is 12.4. The van der Waals surface area contributed by atoms with Gasteiger partial charge in [0.2, 0.25) is 0 Å². The number of carbonyl (C=O) groups excluding carboxylic acids is 1. The highest BCUT2D eigenvalue weighted by atomic mass is 16.2. The average Bonchev–Trinajstić information content (AvgIpc) is 3.08. The van der Waals surface area contributed by atoms with Crippen LogP contribution in [-0.2, 0) is 13.0 Å². The molecule has 3 rings (SSSR count). The molecule has 2 amide bonds. The molecule has 0 unspecified atom stereocenters. The van der Waals surface area contributed by atoms with E-state index in [0.717, 1.165) is 37.3 Å². The van der Waals surface area contributed by atoms with E-state index in [4.69, 9.17) is 0 Å². The molecule has 0 bridgehead atoms.